The molecule has 0 saturated carbocycles. The molecule has 3 aromatic rings. The summed E-state index contributed by atoms with van der Waals surface area (Å²) in [5.41, 5.74) is 5.08. The Balaban J connectivity index is 1.89. The van der Waals surface area contributed by atoms with Crippen LogP contribution >= 0.6 is 0 Å². The van der Waals surface area contributed by atoms with Crippen molar-refractivity contribution in [3.63, 3.8) is 0 Å². The average molecular weight is 409 g/mol. The number of nitrogens with zero attached hydrogens (tertiary/aromatic N) is 4. The number of esters is 1. The molecule has 1 aliphatic rings. The minimum Gasteiger partial charge on any atom is -0.459 e. The Bertz CT molecular complexity index is 1100. The molecular formula is C23H28N4O3. The van der Waals surface area contributed by atoms with Gasteiger partial charge in [-0.25, -0.2) is 9.78 Å². The smallest absolute Gasteiger partial charge is 0.338 e. The third kappa shape index (κ3) is 3.61. The highest BCUT2D eigenvalue weighted by atomic mass is 16.5. The van der Waals surface area contributed by atoms with Gasteiger partial charge in [0, 0.05) is 49.8 Å². The van der Waals surface area contributed by atoms with Crippen molar-refractivity contribution >= 4 is 17.2 Å². The fraction of sp³-hybridized carbons (Fsp3) is 0.391. The van der Waals surface area contributed by atoms with Crippen molar-refractivity contribution in [2.45, 2.75) is 26.9 Å². The second-order valence-corrected chi connectivity index (χ2v) is 7.92. The van der Waals surface area contributed by atoms with Gasteiger partial charge in [-0.3, -0.25) is 0 Å². The molecule has 0 unspecified atom stereocenters. The fourth-order valence-electron chi connectivity index (χ4n) is 3.94. The first-order valence-electron chi connectivity index (χ1n) is 10.2. The molecule has 0 atom stereocenters. The lowest BCUT2D eigenvalue weighted by Gasteiger charge is -2.31. The molecule has 4 rings (SSSR count). The zero-order chi connectivity index (χ0) is 21.4. The molecule has 1 saturated heterocycles. The van der Waals surface area contributed by atoms with Gasteiger partial charge in [0.05, 0.1) is 36.3 Å². The monoisotopic (exact) mass is 408 g/mol. The van der Waals surface area contributed by atoms with Crippen LogP contribution in [0.25, 0.3) is 22.6 Å². The molecule has 0 amide bonds. The number of hydrogen-bond acceptors (Lipinski definition) is 5. The summed E-state index contributed by atoms with van der Waals surface area (Å²) in [7, 11) is 1.97. The molecule has 1 aliphatic heterocycles. The van der Waals surface area contributed by atoms with Gasteiger partial charge in [0.2, 0.25) is 0 Å². The number of morpholine rings is 1. The number of rotatable bonds is 5. The van der Waals surface area contributed by atoms with E-state index in [1.807, 2.05) is 50.7 Å². The van der Waals surface area contributed by atoms with Gasteiger partial charge in [-0.15, -0.1) is 0 Å². The number of aromatic nitrogens is 3. The van der Waals surface area contributed by atoms with Gasteiger partial charge < -0.3 is 23.3 Å². The number of pyridine rings is 1. The van der Waals surface area contributed by atoms with Crippen molar-refractivity contribution < 1.29 is 14.3 Å². The molecule has 0 bridgehead atoms. The first-order valence-corrected chi connectivity index (χ1v) is 10.2. The van der Waals surface area contributed by atoms with E-state index in [0.29, 0.717) is 18.8 Å². The maximum absolute atomic E-state index is 12.8. The number of aryl methyl sites for hydroxylation is 1. The second kappa shape index (κ2) is 7.99. The van der Waals surface area contributed by atoms with Crippen molar-refractivity contribution in [3.05, 3.63) is 54.1 Å². The molecular weight excluding hydrogens is 380 g/mol. The van der Waals surface area contributed by atoms with E-state index in [4.69, 9.17) is 9.47 Å². The zero-order valence-corrected chi connectivity index (χ0v) is 18.0. The van der Waals surface area contributed by atoms with E-state index in [1.165, 1.54) is 0 Å². The molecule has 30 heavy (non-hydrogen) atoms. The van der Waals surface area contributed by atoms with Crippen LogP contribution in [0.2, 0.25) is 0 Å². The van der Waals surface area contributed by atoms with Crippen molar-refractivity contribution in [1.82, 2.24) is 18.9 Å². The molecule has 0 spiro atoms. The summed E-state index contributed by atoms with van der Waals surface area (Å²) in [6, 6.07) is 3.94. The number of hydrogen-bond donors (Lipinski definition) is 0. The third-order valence-electron chi connectivity index (χ3n) is 5.45. The van der Waals surface area contributed by atoms with E-state index in [0.717, 1.165) is 46.9 Å². The third-order valence-corrected chi connectivity index (χ3v) is 5.45. The van der Waals surface area contributed by atoms with E-state index >= 15 is 0 Å². The number of ether oxygens (including phenoxy) is 2. The van der Waals surface area contributed by atoms with Gasteiger partial charge in [0.1, 0.15) is 5.82 Å². The van der Waals surface area contributed by atoms with Crippen LogP contribution in [0.15, 0.2) is 37.3 Å². The lowest BCUT2D eigenvalue weighted by molar-refractivity contribution is 0.0377. The predicted molar refractivity (Wildman–Crippen MR) is 116 cm³/mol. The number of carbonyl (C=O) groups excluding carboxylic acids is 1. The van der Waals surface area contributed by atoms with Crippen LogP contribution in [0.3, 0.4) is 0 Å². The first kappa shape index (κ1) is 20.2. The van der Waals surface area contributed by atoms with Crippen LogP contribution in [-0.4, -0.2) is 57.2 Å². The maximum atomic E-state index is 12.8. The fourth-order valence-corrected chi connectivity index (χ4v) is 3.94. The summed E-state index contributed by atoms with van der Waals surface area (Å²) in [5, 5.41) is 0. The Morgan fingerprint density at radius 1 is 1.27 bits per heavy atom. The summed E-state index contributed by atoms with van der Waals surface area (Å²) in [5.74, 6) is 0.548. The summed E-state index contributed by atoms with van der Waals surface area (Å²) < 4.78 is 15.1. The van der Waals surface area contributed by atoms with E-state index < -0.39 is 0 Å². The van der Waals surface area contributed by atoms with Crippen LogP contribution in [0.1, 0.15) is 35.5 Å². The first-order chi connectivity index (χ1) is 14.4. The van der Waals surface area contributed by atoms with Gasteiger partial charge in [-0.2, -0.15) is 0 Å². The molecule has 3 aromatic heterocycles. The molecule has 1 fully saturated rings. The molecule has 4 heterocycles. The number of carbonyl (C=O) groups is 1. The van der Waals surface area contributed by atoms with Gasteiger partial charge >= 0.3 is 5.97 Å². The van der Waals surface area contributed by atoms with Gasteiger partial charge in [-0.1, -0.05) is 6.58 Å². The van der Waals surface area contributed by atoms with Crippen molar-refractivity contribution in [2.24, 2.45) is 7.05 Å². The maximum Gasteiger partial charge on any atom is 0.338 e. The minimum absolute atomic E-state index is 0.186. The molecule has 158 valence electrons. The quantitative estimate of drug-likeness (QED) is 0.605. The van der Waals surface area contributed by atoms with Crippen molar-refractivity contribution in [1.29, 1.82) is 0 Å². The topological polar surface area (TPSA) is 61.0 Å². The van der Waals surface area contributed by atoms with Gasteiger partial charge in [-0.05, 0) is 38.5 Å². The molecule has 0 radical (unpaired) electrons. The Labute approximate surface area is 176 Å². The number of imidazole rings is 1. The molecule has 7 heteroatoms. The SMILES string of the molecule is C=C(c1c(C)c(C(=O)OC(C)C)cc2cc(-c3nccn3C)cn12)N1CCOCC1. The van der Waals surface area contributed by atoms with E-state index in [1.54, 1.807) is 6.20 Å². The summed E-state index contributed by atoms with van der Waals surface area (Å²) in [4.78, 5) is 19.5. The van der Waals surface area contributed by atoms with E-state index in [9.17, 15) is 4.79 Å². The Kier molecular flexibility index (Phi) is 5.39. The second-order valence-electron chi connectivity index (χ2n) is 7.92. The van der Waals surface area contributed by atoms with Crippen LogP contribution in [0, 0.1) is 6.92 Å². The molecule has 0 N–H and O–H groups in total. The Morgan fingerprint density at radius 2 is 2.00 bits per heavy atom. The van der Waals surface area contributed by atoms with E-state index in [-0.39, 0.29) is 12.1 Å². The standard InChI is InChI=1S/C23H28N4O3/c1-15(2)30-23(28)20-13-19-12-18(22-24-6-7-25(22)5)14-27(19)21(16(20)3)17(4)26-8-10-29-11-9-26/h6-7,12-15H,4,8-11H2,1-3,5H3. The summed E-state index contributed by atoms with van der Waals surface area (Å²) >= 11 is 0. The summed E-state index contributed by atoms with van der Waals surface area (Å²) in [6.45, 7) is 12.9. The highest BCUT2D eigenvalue weighted by molar-refractivity contribution is 5.94. The van der Waals surface area contributed by atoms with Crippen molar-refractivity contribution in [3.8, 4) is 11.4 Å². The highest BCUT2D eigenvalue weighted by Crippen LogP contribution is 2.31. The van der Waals surface area contributed by atoms with Crippen LogP contribution in [0.4, 0.5) is 0 Å². The normalized spacial score (nSPS) is 14.5. The lowest BCUT2D eigenvalue weighted by atomic mass is 10.0. The van der Waals surface area contributed by atoms with E-state index in [2.05, 4.69) is 27.1 Å². The highest BCUT2D eigenvalue weighted by Gasteiger charge is 2.24. The molecule has 0 aromatic carbocycles. The molecule has 0 aliphatic carbocycles. The number of fused-ring (bicyclic) bond motifs is 1. The van der Waals surface area contributed by atoms with Crippen LogP contribution in [-0.2, 0) is 16.5 Å². The van der Waals surface area contributed by atoms with Gasteiger partial charge in [0.15, 0.2) is 0 Å². The minimum atomic E-state index is -0.319. The lowest BCUT2D eigenvalue weighted by Crippen LogP contribution is -2.35. The van der Waals surface area contributed by atoms with Crippen molar-refractivity contribution in [2.75, 3.05) is 26.3 Å². The summed E-state index contributed by atoms with van der Waals surface area (Å²) in [6.07, 6.45) is 5.57. The van der Waals surface area contributed by atoms with Gasteiger partial charge in [0.25, 0.3) is 0 Å². The molecule has 7 nitrogen and oxygen atoms in total. The zero-order valence-electron chi connectivity index (χ0n) is 18.0. The Hall–Kier alpha value is -3.06. The average Bonchev–Trinajstić information content (AvgIpc) is 3.32. The Morgan fingerprint density at radius 3 is 2.63 bits per heavy atom. The van der Waals surface area contributed by atoms with Crippen LogP contribution < -0.4 is 0 Å². The predicted octanol–water partition coefficient (Wildman–Crippen LogP) is 3.52. The van der Waals surface area contributed by atoms with Crippen LogP contribution in [0.5, 0.6) is 0 Å². The largest absolute Gasteiger partial charge is 0.459 e.